The lowest BCUT2D eigenvalue weighted by Crippen LogP contribution is -2.56. The number of halogens is 1. The molecule has 0 aliphatic carbocycles. The van der Waals surface area contributed by atoms with Gasteiger partial charge in [-0.1, -0.05) is 6.07 Å². The fraction of sp³-hybridized carbons (Fsp3) is 0.619. The van der Waals surface area contributed by atoms with E-state index in [-0.39, 0.29) is 30.6 Å². The zero-order valence-electron chi connectivity index (χ0n) is 17.2. The molecule has 160 valence electrons. The highest BCUT2D eigenvalue weighted by Crippen LogP contribution is 2.21. The van der Waals surface area contributed by atoms with Crippen LogP contribution in [0.4, 0.5) is 4.39 Å². The summed E-state index contributed by atoms with van der Waals surface area (Å²) in [5.74, 6) is 0.250. The van der Waals surface area contributed by atoms with Gasteiger partial charge >= 0.3 is 0 Å². The summed E-state index contributed by atoms with van der Waals surface area (Å²) < 4.78 is 24.8. The van der Waals surface area contributed by atoms with Gasteiger partial charge in [0.05, 0.1) is 19.6 Å². The van der Waals surface area contributed by atoms with E-state index < -0.39 is 6.04 Å². The van der Waals surface area contributed by atoms with Crippen LogP contribution in [0, 0.1) is 11.7 Å². The molecule has 2 amide bonds. The van der Waals surface area contributed by atoms with E-state index in [1.165, 1.54) is 13.2 Å². The number of nitrogens with one attached hydrogen (secondary N) is 1. The molecule has 2 aliphatic rings. The predicted molar refractivity (Wildman–Crippen MR) is 106 cm³/mol. The largest absolute Gasteiger partial charge is 0.497 e. The molecule has 0 radical (unpaired) electrons. The topological polar surface area (TPSA) is 71.1 Å². The van der Waals surface area contributed by atoms with Crippen LogP contribution in [0.2, 0.25) is 0 Å². The van der Waals surface area contributed by atoms with Gasteiger partial charge in [-0.15, -0.1) is 0 Å². The van der Waals surface area contributed by atoms with Crippen molar-refractivity contribution in [3.8, 4) is 5.75 Å². The van der Waals surface area contributed by atoms with Gasteiger partial charge in [0.2, 0.25) is 11.8 Å². The van der Waals surface area contributed by atoms with E-state index in [0.717, 1.165) is 26.1 Å². The van der Waals surface area contributed by atoms with E-state index in [1.807, 2.05) is 4.90 Å². The van der Waals surface area contributed by atoms with E-state index in [9.17, 15) is 14.0 Å². The number of hydrogen-bond donors (Lipinski definition) is 1. The number of carbonyl (C=O) groups excluding carboxylic acids is 2. The van der Waals surface area contributed by atoms with Crippen LogP contribution in [0.1, 0.15) is 24.8 Å². The van der Waals surface area contributed by atoms with Crippen molar-refractivity contribution in [2.24, 2.45) is 5.92 Å². The van der Waals surface area contributed by atoms with Gasteiger partial charge in [-0.3, -0.25) is 14.5 Å². The highest BCUT2D eigenvalue weighted by Gasteiger charge is 2.33. The molecule has 29 heavy (non-hydrogen) atoms. The molecule has 0 unspecified atom stereocenters. The molecule has 0 bridgehead atoms. The van der Waals surface area contributed by atoms with Gasteiger partial charge in [0.1, 0.15) is 11.6 Å². The van der Waals surface area contributed by atoms with Crippen molar-refractivity contribution in [1.29, 1.82) is 0 Å². The van der Waals surface area contributed by atoms with Gasteiger partial charge in [-0.2, -0.15) is 0 Å². The molecule has 1 N–H and O–H groups in total. The molecule has 1 atom stereocenters. The van der Waals surface area contributed by atoms with Crippen LogP contribution in [0.5, 0.6) is 5.75 Å². The number of benzene rings is 1. The standard InChI is InChI=1S/C21H30FN3O4/c1-24(13-15-5-9-29-10-6-15)20(26)12-19-21(27)23-7-8-25(19)14-16-3-4-17(28-2)11-18(16)22/h3-4,11,15,19H,5-10,12-14H2,1-2H3,(H,23,27)/t19-/m1/s1. The van der Waals surface area contributed by atoms with Crippen molar-refractivity contribution >= 4 is 11.8 Å². The van der Waals surface area contributed by atoms with Crippen molar-refractivity contribution in [3.63, 3.8) is 0 Å². The average Bonchev–Trinajstić information content (AvgIpc) is 2.72. The Bertz CT molecular complexity index is 724. The summed E-state index contributed by atoms with van der Waals surface area (Å²) >= 11 is 0. The summed E-state index contributed by atoms with van der Waals surface area (Å²) in [6.07, 6.45) is 1.98. The van der Waals surface area contributed by atoms with Crippen LogP contribution in [0.15, 0.2) is 18.2 Å². The average molecular weight is 407 g/mol. The monoisotopic (exact) mass is 407 g/mol. The van der Waals surface area contributed by atoms with Gasteiger partial charge in [0.25, 0.3) is 0 Å². The van der Waals surface area contributed by atoms with Crippen LogP contribution in [-0.4, -0.2) is 74.7 Å². The number of ether oxygens (including phenoxy) is 2. The SMILES string of the molecule is COc1ccc(CN2CCNC(=O)[C@H]2CC(=O)N(C)CC2CCOCC2)c(F)c1. The van der Waals surface area contributed by atoms with E-state index >= 15 is 0 Å². The lowest BCUT2D eigenvalue weighted by atomic mass is 9.99. The Morgan fingerprint density at radius 1 is 1.38 bits per heavy atom. The quantitative estimate of drug-likeness (QED) is 0.740. The van der Waals surface area contributed by atoms with Crippen molar-refractivity contribution in [2.75, 3.05) is 47.0 Å². The zero-order valence-corrected chi connectivity index (χ0v) is 17.2. The van der Waals surface area contributed by atoms with Gasteiger partial charge in [0, 0.05) is 58.1 Å². The van der Waals surface area contributed by atoms with Crippen molar-refractivity contribution in [1.82, 2.24) is 15.1 Å². The van der Waals surface area contributed by atoms with Crippen LogP contribution in [0.3, 0.4) is 0 Å². The Balaban J connectivity index is 1.63. The molecule has 2 fully saturated rings. The summed E-state index contributed by atoms with van der Waals surface area (Å²) in [4.78, 5) is 28.8. The van der Waals surface area contributed by atoms with Crippen molar-refractivity contribution in [2.45, 2.75) is 31.8 Å². The maximum atomic E-state index is 14.4. The Hall–Kier alpha value is -2.19. The molecule has 1 aromatic carbocycles. The third-order valence-electron chi connectivity index (χ3n) is 5.74. The Morgan fingerprint density at radius 3 is 2.83 bits per heavy atom. The summed E-state index contributed by atoms with van der Waals surface area (Å²) in [5, 5.41) is 2.82. The van der Waals surface area contributed by atoms with Crippen molar-refractivity contribution < 1.29 is 23.5 Å². The van der Waals surface area contributed by atoms with Gasteiger partial charge in [-0.25, -0.2) is 4.39 Å². The van der Waals surface area contributed by atoms with Crippen molar-refractivity contribution in [3.05, 3.63) is 29.6 Å². The zero-order chi connectivity index (χ0) is 20.8. The van der Waals surface area contributed by atoms with Crippen LogP contribution >= 0.6 is 0 Å². The number of rotatable bonds is 7. The number of piperazine rings is 1. The molecular weight excluding hydrogens is 377 g/mol. The normalized spacial score (nSPS) is 20.9. The van der Waals surface area contributed by atoms with E-state index in [1.54, 1.807) is 24.1 Å². The molecule has 2 aliphatic heterocycles. The molecule has 0 saturated carbocycles. The van der Waals surface area contributed by atoms with Crippen LogP contribution in [0.25, 0.3) is 0 Å². The van der Waals surface area contributed by atoms with E-state index in [0.29, 0.717) is 36.9 Å². The minimum atomic E-state index is -0.602. The molecule has 2 saturated heterocycles. The third kappa shape index (κ3) is 5.67. The molecular formula is C21H30FN3O4. The maximum absolute atomic E-state index is 14.4. The van der Waals surface area contributed by atoms with E-state index in [4.69, 9.17) is 9.47 Å². The Kier molecular flexibility index (Phi) is 7.44. The molecule has 0 spiro atoms. The Morgan fingerprint density at radius 2 is 2.14 bits per heavy atom. The molecule has 7 nitrogen and oxygen atoms in total. The first kappa shape index (κ1) is 21.5. The Labute approximate surface area is 171 Å². The second-order valence-electron chi connectivity index (χ2n) is 7.77. The molecule has 1 aromatic rings. The number of carbonyl (C=O) groups is 2. The predicted octanol–water partition coefficient (Wildman–Crippen LogP) is 1.41. The first-order valence-corrected chi connectivity index (χ1v) is 10.1. The minimum Gasteiger partial charge on any atom is -0.497 e. The van der Waals surface area contributed by atoms with Crippen LogP contribution in [-0.2, 0) is 20.9 Å². The lowest BCUT2D eigenvalue weighted by Gasteiger charge is -2.36. The molecule has 2 heterocycles. The van der Waals surface area contributed by atoms with Crippen LogP contribution < -0.4 is 10.1 Å². The molecule has 0 aromatic heterocycles. The second-order valence-corrected chi connectivity index (χ2v) is 7.77. The fourth-order valence-corrected chi connectivity index (χ4v) is 3.91. The van der Waals surface area contributed by atoms with Gasteiger partial charge in [-0.05, 0) is 24.8 Å². The number of amides is 2. The lowest BCUT2D eigenvalue weighted by molar-refractivity contribution is -0.138. The second kappa shape index (κ2) is 10.0. The highest BCUT2D eigenvalue weighted by molar-refractivity contribution is 5.88. The summed E-state index contributed by atoms with van der Waals surface area (Å²) in [6, 6.07) is 4.09. The maximum Gasteiger partial charge on any atom is 0.237 e. The first-order chi connectivity index (χ1) is 14.0. The summed E-state index contributed by atoms with van der Waals surface area (Å²) in [7, 11) is 3.27. The van der Waals surface area contributed by atoms with Gasteiger partial charge < -0.3 is 19.7 Å². The minimum absolute atomic E-state index is 0.0706. The molecule has 3 rings (SSSR count). The van der Waals surface area contributed by atoms with Gasteiger partial charge in [0.15, 0.2) is 0 Å². The summed E-state index contributed by atoms with van der Waals surface area (Å²) in [5.41, 5.74) is 0.480. The highest BCUT2D eigenvalue weighted by atomic mass is 19.1. The molecule has 8 heteroatoms. The third-order valence-corrected chi connectivity index (χ3v) is 5.74. The number of methoxy groups -OCH3 is 1. The fourth-order valence-electron chi connectivity index (χ4n) is 3.91. The smallest absolute Gasteiger partial charge is 0.237 e. The number of nitrogens with zero attached hydrogens (tertiary/aromatic N) is 2. The first-order valence-electron chi connectivity index (χ1n) is 10.1. The van der Waals surface area contributed by atoms with E-state index in [2.05, 4.69) is 5.32 Å². The number of hydrogen-bond acceptors (Lipinski definition) is 5. The summed E-state index contributed by atoms with van der Waals surface area (Å²) in [6.45, 7) is 3.46.